The average molecular weight is 130 g/mol. The van der Waals surface area contributed by atoms with E-state index in [1.165, 1.54) is 0 Å². The van der Waals surface area contributed by atoms with E-state index in [0.717, 1.165) is 6.34 Å². The SMILES string of the molecule is CC(C)/C(S)=N/C=N. The van der Waals surface area contributed by atoms with Crippen molar-refractivity contribution < 1.29 is 0 Å². The van der Waals surface area contributed by atoms with Gasteiger partial charge in [0.1, 0.15) is 6.34 Å². The van der Waals surface area contributed by atoms with E-state index in [4.69, 9.17) is 5.41 Å². The second-order valence-electron chi connectivity index (χ2n) is 1.77. The molecule has 2 nitrogen and oxygen atoms in total. The van der Waals surface area contributed by atoms with Crippen molar-refractivity contribution in [2.45, 2.75) is 13.8 Å². The van der Waals surface area contributed by atoms with Gasteiger partial charge in [-0.15, -0.1) is 12.6 Å². The minimum Gasteiger partial charge on any atom is -0.289 e. The van der Waals surface area contributed by atoms with E-state index in [0.29, 0.717) is 11.0 Å². The van der Waals surface area contributed by atoms with Crippen molar-refractivity contribution in [1.29, 1.82) is 5.41 Å². The fourth-order valence-corrected chi connectivity index (χ4v) is 0.273. The summed E-state index contributed by atoms with van der Waals surface area (Å²) in [6.45, 7) is 3.96. The molecule has 0 spiro atoms. The zero-order chi connectivity index (χ0) is 6.57. The monoisotopic (exact) mass is 130 g/mol. The van der Waals surface area contributed by atoms with Gasteiger partial charge in [-0.25, -0.2) is 4.99 Å². The third kappa shape index (κ3) is 2.80. The summed E-state index contributed by atoms with van der Waals surface area (Å²) in [7, 11) is 0. The van der Waals surface area contributed by atoms with E-state index in [1.807, 2.05) is 13.8 Å². The van der Waals surface area contributed by atoms with E-state index >= 15 is 0 Å². The average Bonchev–Trinajstić information content (AvgIpc) is 1.67. The lowest BCUT2D eigenvalue weighted by Gasteiger charge is -1.97. The van der Waals surface area contributed by atoms with Crippen LogP contribution in [0.5, 0.6) is 0 Å². The van der Waals surface area contributed by atoms with Crippen LogP contribution in [0.1, 0.15) is 13.8 Å². The quantitative estimate of drug-likeness (QED) is 0.323. The second kappa shape index (κ2) is 3.66. The number of hydrogen-bond donors (Lipinski definition) is 2. The van der Waals surface area contributed by atoms with Crippen LogP contribution in [-0.2, 0) is 0 Å². The van der Waals surface area contributed by atoms with Crippen molar-refractivity contribution in [3.05, 3.63) is 0 Å². The molecular formula is C5H10N2S. The minimum atomic E-state index is 0.333. The van der Waals surface area contributed by atoms with Crippen molar-refractivity contribution in [3.63, 3.8) is 0 Å². The third-order valence-electron chi connectivity index (χ3n) is 0.713. The van der Waals surface area contributed by atoms with Gasteiger partial charge in [0, 0.05) is 5.92 Å². The van der Waals surface area contributed by atoms with Crippen LogP contribution in [0.2, 0.25) is 0 Å². The van der Waals surface area contributed by atoms with Crippen LogP contribution in [0.25, 0.3) is 0 Å². The molecule has 0 radical (unpaired) electrons. The molecule has 0 rings (SSSR count). The van der Waals surface area contributed by atoms with Gasteiger partial charge in [0.2, 0.25) is 0 Å². The van der Waals surface area contributed by atoms with Gasteiger partial charge in [0.15, 0.2) is 0 Å². The van der Waals surface area contributed by atoms with Gasteiger partial charge in [-0.1, -0.05) is 13.8 Å². The lowest BCUT2D eigenvalue weighted by molar-refractivity contribution is 0.903. The summed E-state index contributed by atoms with van der Waals surface area (Å²) in [5, 5.41) is 7.27. The van der Waals surface area contributed by atoms with Crippen LogP contribution in [0.4, 0.5) is 0 Å². The molecule has 0 aromatic rings. The first kappa shape index (κ1) is 7.69. The summed E-state index contributed by atoms with van der Waals surface area (Å²) in [4.78, 5) is 3.65. The third-order valence-corrected chi connectivity index (χ3v) is 1.35. The van der Waals surface area contributed by atoms with Gasteiger partial charge in [0.05, 0.1) is 5.04 Å². The predicted octanol–water partition coefficient (Wildman–Crippen LogP) is 1.58. The maximum Gasteiger partial charge on any atom is 0.107 e. The van der Waals surface area contributed by atoms with E-state index in [2.05, 4.69) is 17.6 Å². The van der Waals surface area contributed by atoms with Gasteiger partial charge in [-0.3, -0.25) is 5.41 Å². The van der Waals surface area contributed by atoms with Gasteiger partial charge in [-0.05, 0) is 0 Å². The van der Waals surface area contributed by atoms with Crippen LogP contribution in [0.15, 0.2) is 4.99 Å². The molecule has 46 valence electrons. The van der Waals surface area contributed by atoms with E-state index < -0.39 is 0 Å². The van der Waals surface area contributed by atoms with Crippen LogP contribution in [-0.4, -0.2) is 11.4 Å². The molecule has 0 saturated carbocycles. The smallest absolute Gasteiger partial charge is 0.107 e. The molecule has 0 heterocycles. The summed E-state index contributed by atoms with van der Waals surface area (Å²) in [5.74, 6) is 0.333. The number of thiol groups is 1. The Hall–Kier alpha value is -0.310. The van der Waals surface area contributed by atoms with Gasteiger partial charge in [-0.2, -0.15) is 0 Å². The molecular weight excluding hydrogens is 120 g/mol. The zero-order valence-corrected chi connectivity index (χ0v) is 5.94. The van der Waals surface area contributed by atoms with Crippen molar-refractivity contribution in [1.82, 2.24) is 0 Å². The van der Waals surface area contributed by atoms with Crippen molar-refractivity contribution in [3.8, 4) is 0 Å². The number of nitrogens with one attached hydrogen (secondary N) is 1. The molecule has 0 atom stereocenters. The first-order valence-electron chi connectivity index (χ1n) is 2.44. The standard InChI is InChI=1S/C5H10N2S/c1-4(2)5(8)7-3-6/h3-4H,1-2H3,(H2,6,7,8). The highest BCUT2D eigenvalue weighted by Crippen LogP contribution is 1.98. The molecule has 0 amide bonds. The van der Waals surface area contributed by atoms with E-state index in [-0.39, 0.29) is 0 Å². The minimum absolute atomic E-state index is 0.333. The Morgan fingerprint density at radius 1 is 1.75 bits per heavy atom. The molecule has 0 aromatic carbocycles. The number of nitrogens with zero attached hydrogens (tertiary/aromatic N) is 1. The Balaban J connectivity index is 3.78. The number of aliphatic imine (C=N–C) groups is 1. The van der Waals surface area contributed by atoms with Crippen molar-refractivity contribution in [2.75, 3.05) is 0 Å². The largest absolute Gasteiger partial charge is 0.289 e. The van der Waals surface area contributed by atoms with Gasteiger partial charge < -0.3 is 0 Å². The molecule has 0 bridgehead atoms. The molecule has 8 heavy (non-hydrogen) atoms. The fourth-order valence-electron chi connectivity index (χ4n) is 0.215. The first-order valence-corrected chi connectivity index (χ1v) is 2.88. The predicted molar refractivity (Wildman–Crippen MR) is 40.0 cm³/mol. The molecule has 1 N–H and O–H groups in total. The molecule has 0 aromatic heterocycles. The van der Waals surface area contributed by atoms with Gasteiger partial charge >= 0.3 is 0 Å². The maximum atomic E-state index is 6.56. The lowest BCUT2D eigenvalue weighted by atomic mass is 10.2. The Bertz CT molecular complexity index is 107. The topological polar surface area (TPSA) is 36.2 Å². The summed E-state index contributed by atoms with van der Waals surface area (Å²) >= 11 is 4.00. The molecule has 0 unspecified atom stereocenters. The molecule has 0 saturated heterocycles. The maximum absolute atomic E-state index is 6.56. The molecule has 0 aliphatic rings. The molecule has 3 heteroatoms. The van der Waals surface area contributed by atoms with Crippen LogP contribution < -0.4 is 0 Å². The van der Waals surface area contributed by atoms with E-state index in [1.54, 1.807) is 0 Å². The Labute approximate surface area is 54.9 Å². The van der Waals surface area contributed by atoms with Crippen LogP contribution in [0, 0.1) is 11.3 Å². The Morgan fingerprint density at radius 3 is 2.38 bits per heavy atom. The highest BCUT2D eigenvalue weighted by atomic mass is 32.1. The molecule has 0 aliphatic heterocycles. The fraction of sp³-hybridized carbons (Fsp3) is 0.600. The lowest BCUT2D eigenvalue weighted by Crippen LogP contribution is -1.97. The summed E-state index contributed by atoms with van der Waals surface area (Å²) in [5.41, 5.74) is 0. The highest BCUT2D eigenvalue weighted by molar-refractivity contribution is 7.97. The van der Waals surface area contributed by atoms with Crippen molar-refractivity contribution in [2.24, 2.45) is 10.9 Å². The van der Waals surface area contributed by atoms with Gasteiger partial charge in [0.25, 0.3) is 0 Å². The Morgan fingerprint density at radius 2 is 2.25 bits per heavy atom. The number of hydrogen-bond acceptors (Lipinski definition) is 1. The first-order chi connectivity index (χ1) is 3.68. The van der Waals surface area contributed by atoms with Crippen LogP contribution in [0.3, 0.4) is 0 Å². The highest BCUT2D eigenvalue weighted by Gasteiger charge is 1.95. The Kier molecular flexibility index (Phi) is 3.52. The molecule has 0 aliphatic carbocycles. The summed E-state index contributed by atoms with van der Waals surface area (Å²) in [6.07, 6.45) is 1.00. The zero-order valence-electron chi connectivity index (χ0n) is 5.05. The summed E-state index contributed by atoms with van der Waals surface area (Å²) in [6, 6.07) is 0. The molecule has 0 fully saturated rings. The van der Waals surface area contributed by atoms with Crippen molar-refractivity contribution >= 4 is 24.0 Å². The van der Waals surface area contributed by atoms with E-state index in [9.17, 15) is 0 Å². The normalized spacial score (nSPS) is 12.2. The summed E-state index contributed by atoms with van der Waals surface area (Å²) < 4.78 is 0. The second-order valence-corrected chi connectivity index (χ2v) is 2.23. The van der Waals surface area contributed by atoms with Crippen LogP contribution >= 0.6 is 12.6 Å². The number of rotatable bonds is 2.